The van der Waals surface area contributed by atoms with Crippen LogP contribution in [0.15, 0.2) is 23.2 Å². The maximum atomic E-state index is 9.28. The van der Waals surface area contributed by atoms with Crippen molar-refractivity contribution in [1.82, 2.24) is 0 Å². The van der Waals surface area contributed by atoms with E-state index in [1.807, 2.05) is 20.8 Å². The normalized spacial score (nSPS) is 14.2. The molecule has 1 atom stereocenters. The van der Waals surface area contributed by atoms with E-state index in [1.54, 1.807) is 24.4 Å². The molecule has 1 aromatic carbocycles. The minimum atomic E-state index is -0.139. The first-order chi connectivity index (χ1) is 7.82. The van der Waals surface area contributed by atoms with Crippen molar-refractivity contribution in [2.75, 3.05) is 6.61 Å². The highest BCUT2D eigenvalue weighted by atomic mass is 35.5. The average Bonchev–Trinajstić information content (AvgIpc) is 2.14. The molecule has 0 heterocycles. The fraction of sp³-hybridized carbons (Fsp3) is 0.462. The zero-order valence-corrected chi connectivity index (χ0v) is 11.8. The molecule has 0 unspecified atom stereocenters. The Morgan fingerprint density at radius 3 is 2.18 bits per heavy atom. The van der Waals surface area contributed by atoms with Crippen LogP contribution < -0.4 is 0 Å². The van der Waals surface area contributed by atoms with E-state index in [-0.39, 0.29) is 18.1 Å². The van der Waals surface area contributed by atoms with Gasteiger partial charge in [-0.1, -0.05) is 44.0 Å². The van der Waals surface area contributed by atoms with Gasteiger partial charge in [0.25, 0.3) is 0 Å². The second-order valence-corrected chi connectivity index (χ2v) is 5.92. The molecule has 0 aliphatic rings. The van der Waals surface area contributed by atoms with Crippen LogP contribution in [0.5, 0.6) is 0 Å². The van der Waals surface area contributed by atoms with Gasteiger partial charge < -0.3 is 5.11 Å². The molecule has 0 saturated carbocycles. The Balaban J connectivity index is 2.89. The highest BCUT2D eigenvalue weighted by Gasteiger charge is 2.22. The van der Waals surface area contributed by atoms with Crippen LogP contribution >= 0.6 is 23.2 Å². The van der Waals surface area contributed by atoms with Gasteiger partial charge in [0.15, 0.2) is 0 Å². The lowest BCUT2D eigenvalue weighted by molar-refractivity contribution is 0.191. The molecule has 0 fully saturated rings. The van der Waals surface area contributed by atoms with Crippen LogP contribution in [0.3, 0.4) is 0 Å². The summed E-state index contributed by atoms with van der Waals surface area (Å²) in [5, 5.41) is 10.4. The number of hydrogen-bond donors (Lipinski definition) is 1. The summed E-state index contributed by atoms with van der Waals surface area (Å²) in [5.41, 5.74) is 0.762. The Labute approximate surface area is 112 Å². The molecular weight excluding hydrogens is 257 g/mol. The van der Waals surface area contributed by atoms with Crippen molar-refractivity contribution >= 4 is 29.4 Å². The van der Waals surface area contributed by atoms with Crippen molar-refractivity contribution in [3.05, 3.63) is 33.8 Å². The van der Waals surface area contributed by atoms with Gasteiger partial charge in [0.05, 0.1) is 12.6 Å². The van der Waals surface area contributed by atoms with Crippen LogP contribution in [-0.2, 0) is 0 Å². The van der Waals surface area contributed by atoms with E-state index in [9.17, 15) is 5.11 Å². The lowest BCUT2D eigenvalue weighted by atomic mass is 9.88. The van der Waals surface area contributed by atoms with Gasteiger partial charge in [-0.3, -0.25) is 4.99 Å². The summed E-state index contributed by atoms with van der Waals surface area (Å²) >= 11 is 11.8. The molecule has 0 spiro atoms. The van der Waals surface area contributed by atoms with E-state index < -0.39 is 0 Å². The van der Waals surface area contributed by atoms with Gasteiger partial charge in [0.2, 0.25) is 0 Å². The maximum Gasteiger partial charge on any atom is 0.0778 e. The summed E-state index contributed by atoms with van der Waals surface area (Å²) in [6, 6.07) is 5.11. The van der Waals surface area contributed by atoms with Crippen molar-refractivity contribution in [2.45, 2.75) is 26.8 Å². The second-order valence-electron chi connectivity index (χ2n) is 5.05. The summed E-state index contributed by atoms with van der Waals surface area (Å²) in [6.07, 6.45) is 1.70. The lowest BCUT2D eigenvalue weighted by Gasteiger charge is -2.25. The molecule has 0 saturated heterocycles. The zero-order chi connectivity index (χ0) is 13.1. The molecule has 0 aliphatic heterocycles. The summed E-state index contributed by atoms with van der Waals surface area (Å²) < 4.78 is 0. The molecule has 0 aliphatic carbocycles. The number of rotatable bonds is 3. The number of nitrogens with zero attached hydrogens (tertiary/aromatic N) is 1. The summed E-state index contributed by atoms with van der Waals surface area (Å²) in [5.74, 6) is 0. The van der Waals surface area contributed by atoms with Crippen LogP contribution in [0.2, 0.25) is 10.0 Å². The smallest absolute Gasteiger partial charge is 0.0778 e. The van der Waals surface area contributed by atoms with Gasteiger partial charge >= 0.3 is 0 Å². The van der Waals surface area contributed by atoms with E-state index in [2.05, 4.69) is 4.99 Å². The van der Waals surface area contributed by atoms with Crippen LogP contribution in [-0.4, -0.2) is 24.0 Å². The molecular formula is C13H17Cl2NO. The largest absolute Gasteiger partial charge is 0.394 e. The van der Waals surface area contributed by atoms with Gasteiger partial charge in [-0.05, 0) is 29.2 Å². The van der Waals surface area contributed by atoms with E-state index in [1.165, 1.54) is 0 Å². The van der Waals surface area contributed by atoms with Crippen molar-refractivity contribution in [3.63, 3.8) is 0 Å². The van der Waals surface area contributed by atoms with Crippen molar-refractivity contribution < 1.29 is 5.11 Å². The molecule has 0 bridgehead atoms. The fourth-order valence-corrected chi connectivity index (χ4v) is 1.91. The third-order valence-electron chi connectivity index (χ3n) is 2.46. The van der Waals surface area contributed by atoms with Crippen molar-refractivity contribution in [3.8, 4) is 0 Å². The van der Waals surface area contributed by atoms with Gasteiger partial charge in [0.1, 0.15) is 0 Å². The van der Waals surface area contributed by atoms with E-state index in [0.717, 1.165) is 5.56 Å². The average molecular weight is 274 g/mol. The molecule has 17 heavy (non-hydrogen) atoms. The molecule has 2 nitrogen and oxygen atoms in total. The van der Waals surface area contributed by atoms with Crippen LogP contribution in [0.4, 0.5) is 0 Å². The Hall–Kier alpha value is -0.570. The monoisotopic (exact) mass is 273 g/mol. The van der Waals surface area contributed by atoms with Crippen LogP contribution in [0.25, 0.3) is 0 Å². The topological polar surface area (TPSA) is 32.6 Å². The predicted molar refractivity (Wildman–Crippen MR) is 74.4 cm³/mol. The second kappa shape index (κ2) is 5.85. The van der Waals surface area contributed by atoms with E-state index >= 15 is 0 Å². The first-order valence-corrected chi connectivity index (χ1v) is 6.18. The molecule has 94 valence electrons. The molecule has 1 rings (SSSR count). The highest BCUT2D eigenvalue weighted by Crippen LogP contribution is 2.22. The van der Waals surface area contributed by atoms with Gasteiger partial charge in [-0.15, -0.1) is 0 Å². The van der Waals surface area contributed by atoms with E-state index in [4.69, 9.17) is 23.2 Å². The number of aliphatic hydroxyl groups is 1. The molecule has 1 aromatic rings. The molecule has 0 radical (unpaired) electrons. The van der Waals surface area contributed by atoms with Crippen LogP contribution in [0.1, 0.15) is 26.3 Å². The quantitative estimate of drug-likeness (QED) is 0.835. The number of halogens is 2. The van der Waals surface area contributed by atoms with Gasteiger partial charge in [0, 0.05) is 16.3 Å². The molecule has 1 N–H and O–H groups in total. The maximum absolute atomic E-state index is 9.28. The third kappa shape index (κ3) is 4.66. The van der Waals surface area contributed by atoms with Crippen molar-refractivity contribution in [1.29, 1.82) is 0 Å². The van der Waals surface area contributed by atoms with Crippen LogP contribution in [0, 0.1) is 5.41 Å². The van der Waals surface area contributed by atoms with Crippen molar-refractivity contribution in [2.24, 2.45) is 10.4 Å². The van der Waals surface area contributed by atoms with Gasteiger partial charge in [-0.2, -0.15) is 0 Å². The van der Waals surface area contributed by atoms with E-state index in [0.29, 0.717) is 10.0 Å². The third-order valence-corrected chi connectivity index (χ3v) is 2.90. The standard InChI is InChI=1S/C13H17Cl2NO/c1-13(2,3)12(8-17)16-7-9-4-10(14)6-11(15)5-9/h4-7,12,17H,8H2,1-3H3/t12-/m1/s1. The molecule has 4 heteroatoms. The van der Waals surface area contributed by atoms with Gasteiger partial charge in [-0.25, -0.2) is 0 Å². The Bertz CT molecular complexity index is 390. The fourth-order valence-electron chi connectivity index (χ4n) is 1.37. The number of aliphatic imine (C=N–C) groups is 1. The Morgan fingerprint density at radius 2 is 1.76 bits per heavy atom. The number of aliphatic hydroxyl groups excluding tert-OH is 1. The molecule has 0 amide bonds. The molecule has 0 aromatic heterocycles. The first-order valence-electron chi connectivity index (χ1n) is 5.43. The summed E-state index contributed by atoms with van der Waals surface area (Å²) in [7, 11) is 0. The number of benzene rings is 1. The summed E-state index contributed by atoms with van der Waals surface area (Å²) in [6.45, 7) is 6.14. The number of hydrogen-bond acceptors (Lipinski definition) is 2. The first kappa shape index (κ1) is 14.5. The minimum absolute atomic E-state index is 0.0221. The SMILES string of the molecule is CC(C)(C)[C@@H](CO)N=Cc1cc(Cl)cc(Cl)c1. The zero-order valence-electron chi connectivity index (χ0n) is 10.2. The lowest BCUT2D eigenvalue weighted by Crippen LogP contribution is -2.28. The predicted octanol–water partition coefficient (Wildman–Crippen LogP) is 3.82. The Kier molecular flexibility index (Phi) is 4.99. The minimum Gasteiger partial charge on any atom is -0.394 e. The highest BCUT2D eigenvalue weighted by molar-refractivity contribution is 6.35. The summed E-state index contributed by atoms with van der Waals surface area (Å²) in [4.78, 5) is 4.37. The Morgan fingerprint density at radius 1 is 1.24 bits per heavy atom.